The number of ether oxygens (including phenoxy) is 2. The van der Waals surface area contributed by atoms with Crippen LogP contribution in [0, 0.1) is 16.0 Å². The van der Waals surface area contributed by atoms with Crippen LogP contribution >= 0.6 is 0 Å². The van der Waals surface area contributed by atoms with Gasteiger partial charge in [0, 0.05) is 31.6 Å². The maximum atomic E-state index is 12.3. The molecule has 1 aromatic heterocycles. The molecule has 31 heavy (non-hydrogen) atoms. The summed E-state index contributed by atoms with van der Waals surface area (Å²) < 4.78 is 10.7. The van der Waals surface area contributed by atoms with Gasteiger partial charge in [-0.2, -0.15) is 0 Å². The first-order valence-electron chi connectivity index (χ1n) is 10.5. The maximum Gasteiger partial charge on any atom is 0.407 e. The van der Waals surface area contributed by atoms with E-state index >= 15 is 0 Å². The second-order valence-corrected chi connectivity index (χ2v) is 9.34. The average Bonchev–Trinajstić information content (AvgIpc) is 3.00. The second-order valence-electron chi connectivity index (χ2n) is 9.34. The number of hydrogen-bond acceptors (Lipinski definition) is 8. The van der Waals surface area contributed by atoms with Gasteiger partial charge in [-0.1, -0.05) is 6.92 Å². The molecule has 0 bridgehead atoms. The lowest BCUT2D eigenvalue weighted by Crippen LogP contribution is -2.51. The van der Waals surface area contributed by atoms with E-state index < -0.39 is 28.7 Å². The molecule has 170 valence electrons. The van der Waals surface area contributed by atoms with E-state index in [0.29, 0.717) is 37.3 Å². The number of nitrogens with one attached hydrogen (secondary N) is 1. The number of piperidine rings is 1. The Hall–Kier alpha value is -2.91. The minimum absolute atomic E-state index is 0.0765. The summed E-state index contributed by atoms with van der Waals surface area (Å²) >= 11 is 0. The number of esters is 1. The van der Waals surface area contributed by atoms with E-state index in [1.165, 1.54) is 13.1 Å². The van der Waals surface area contributed by atoms with Crippen molar-refractivity contribution in [3.8, 4) is 0 Å². The minimum Gasteiger partial charge on any atom is -0.456 e. The molecule has 1 amide bonds. The number of nitro groups is 1. The number of rotatable bonds is 4. The van der Waals surface area contributed by atoms with Gasteiger partial charge in [-0.05, 0) is 46.0 Å². The quantitative estimate of drug-likeness (QED) is 0.435. The van der Waals surface area contributed by atoms with Crippen molar-refractivity contribution < 1.29 is 24.0 Å². The van der Waals surface area contributed by atoms with E-state index in [0.717, 1.165) is 12.0 Å². The first-order chi connectivity index (χ1) is 14.4. The van der Waals surface area contributed by atoms with E-state index in [4.69, 9.17) is 9.47 Å². The van der Waals surface area contributed by atoms with Crippen LogP contribution in [0.3, 0.4) is 0 Å². The molecule has 0 radical (unpaired) electrons. The molecular weight excluding hydrogens is 404 g/mol. The zero-order valence-electron chi connectivity index (χ0n) is 18.6. The Balaban J connectivity index is 1.90. The summed E-state index contributed by atoms with van der Waals surface area (Å²) in [5.74, 6) is -0.212. The number of hydrogen-bond donors (Lipinski definition) is 1. The van der Waals surface area contributed by atoms with E-state index in [-0.39, 0.29) is 17.6 Å². The number of pyridine rings is 1. The van der Waals surface area contributed by atoms with Crippen molar-refractivity contribution in [3.63, 3.8) is 0 Å². The predicted molar refractivity (Wildman–Crippen MR) is 113 cm³/mol. The fourth-order valence-electron chi connectivity index (χ4n) is 4.40. The van der Waals surface area contributed by atoms with Crippen molar-refractivity contribution >= 4 is 23.4 Å². The highest BCUT2D eigenvalue weighted by Gasteiger charge is 2.37. The smallest absolute Gasteiger partial charge is 0.407 e. The fraction of sp³-hybridized carbons (Fsp3) is 0.667. The van der Waals surface area contributed by atoms with Gasteiger partial charge in [0.2, 0.25) is 0 Å². The lowest BCUT2D eigenvalue weighted by Gasteiger charge is -2.38. The summed E-state index contributed by atoms with van der Waals surface area (Å²) in [6, 6.07) is -0.215. The summed E-state index contributed by atoms with van der Waals surface area (Å²) in [6.07, 6.45) is 2.06. The van der Waals surface area contributed by atoms with Crippen LogP contribution in [0.1, 0.15) is 64.8 Å². The van der Waals surface area contributed by atoms with Gasteiger partial charge in [0.1, 0.15) is 23.6 Å². The average molecular weight is 434 g/mol. The number of nitrogens with zero attached hydrogens (tertiary/aromatic N) is 3. The number of fused-ring (bicyclic) bond motifs is 1. The highest BCUT2D eigenvalue weighted by atomic mass is 16.6. The minimum atomic E-state index is -0.611. The number of alkyl carbamates (subject to hydrolysis) is 1. The SMILES string of the molecule is CC(=O)OC1CCc2c1ncc([N+](=O)[O-])c2N1CC(NC(=O)OC(C)(C)C)C[C@@H](C)C1. The van der Waals surface area contributed by atoms with Gasteiger partial charge < -0.3 is 19.7 Å². The van der Waals surface area contributed by atoms with Crippen molar-refractivity contribution in [1.82, 2.24) is 10.3 Å². The molecule has 1 saturated heterocycles. The molecule has 10 nitrogen and oxygen atoms in total. The molecule has 3 rings (SSSR count). The number of aromatic nitrogens is 1. The lowest BCUT2D eigenvalue weighted by molar-refractivity contribution is -0.384. The Morgan fingerprint density at radius 2 is 2.03 bits per heavy atom. The fourth-order valence-corrected chi connectivity index (χ4v) is 4.40. The van der Waals surface area contributed by atoms with Gasteiger partial charge in [0.25, 0.3) is 0 Å². The molecule has 0 aromatic carbocycles. The number of amides is 1. The molecule has 1 N–H and O–H groups in total. The van der Waals surface area contributed by atoms with Gasteiger partial charge in [-0.25, -0.2) is 9.78 Å². The van der Waals surface area contributed by atoms with Crippen LogP contribution < -0.4 is 10.2 Å². The molecule has 1 aromatic rings. The van der Waals surface area contributed by atoms with Crippen molar-refractivity contribution in [2.45, 2.75) is 71.6 Å². The third-order valence-corrected chi connectivity index (χ3v) is 5.33. The first-order valence-corrected chi connectivity index (χ1v) is 10.5. The Labute approximate surface area is 181 Å². The lowest BCUT2D eigenvalue weighted by atomic mass is 9.94. The van der Waals surface area contributed by atoms with E-state index in [1.807, 2.05) is 11.8 Å². The molecule has 2 heterocycles. The topological polar surface area (TPSA) is 124 Å². The summed E-state index contributed by atoms with van der Waals surface area (Å²) in [6.45, 7) is 9.80. The first kappa shape index (κ1) is 22.8. The highest BCUT2D eigenvalue weighted by molar-refractivity contribution is 5.72. The normalized spacial score (nSPS) is 23.1. The van der Waals surface area contributed by atoms with Crippen molar-refractivity contribution in [1.29, 1.82) is 0 Å². The van der Waals surface area contributed by atoms with Gasteiger partial charge in [-0.3, -0.25) is 14.9 Å². The molecule has 2 unspecified atom stereocenters. The Bertz CT molecular complexity index is 881. The maximum absolute atomic E-state index is 12.3. The van der Waals surface area contributed by atoms with E-state index in [9.17, 15) is 19.7 Å². The molecular formula is C21H30N4O6. The Morgan fingerprint density at radius 1 is 1.32 bits per heavy atom. The molecule has 0 saturated carbocycles. The van der Waals surface area contributed by atoms with Crippen LogP contribution in [0.4, 0.5) is 16.2 Å². The Kier molecular flexibility index (Phi) is 6.38. The monoisotopic (exact) mass is 434 g/mol. The zero-order valence-corrected chi connectivity index (χ0v) is 18.6. The Morgan fingerprint density at radius 3 is 2.65 bits per heavy atom. The van der Waals surface area contributed by atoms with Crippen molar-refractivity contribution in [2.24, 2.45) is 5.92 Å². The standard InChI is InChI=1S/C21H30N4O6/c1-12-8-14(23-20(27)31-21(3,4)5)11-24(10-12)19-15-6-7-17(30-13(2)26)18(15)22-9-16(19)25(28)29/h9,12,14,17H,6-8,10-11H2,1-5H3,(H,23,27)/t12-,14?,17?/m1/s1. The van der Waals surface area contributed by atoms with Crippen LogP contribution in [0.5, 0.6) is 0 Å². The van der Waals surface area contributed by atoms with Crippen LogP contribution in [-0.2, 0) is 20.7 Å². The molecule has 10 heteroatoms. The third kappa shape index (κ3) is 5.42. The number of carbonyl (C=O) groups is 2. The van der Waals surface area contributed by atoms with Gasteiger partial charge in [0.15, 0.2) is 0 Å². The summed E-state index contributed by atoms with van der Waals surface area (Å²) in [4.78, 5) is 41.3. The summed E-state index contributed by atoms with van der Waals surface area (Å²) in [7, 11) is 0. The van der Waals surface area contributed by atoms with Gasteiger partial charge in [0.05, 0.1) is 10.6 Å². The second kappa shape index (κ2) is 8.68. The molecule has 3 atom stereocenters. The largest absolute Gasteiger partial charge is 0.456 e. The summed E-state index contributed by atoms with van der Waals surface area (Å²) in [5, 5.41) is 14.7. The highest BCUT2D eigenvalue weighted by Crippen LogP contribution is 2.43. The van der Waals surface area contributed by atoms with E-state index in [2.05, 4.69) is 10.3 Å². The van der Waals surface area contributed by atoms with Crippen LogP contribution in [0.25, 0.3) is 0 Å². The van der Waals surface area contributed by atoms with Crippen molar-refractivity contribution in [2.75, 3.05) is 18.0 Å². The van der Waals surface area contributed by atoms with Gasteiger partial charge >= 0.3 is 17.7 Å². The zero-order chi connectivity index (χ0) is 22.9. The van der Waals surface area contributed by atoms with Crippen LogP contribution in [0.15, 0.2) is 6.20 Å². The van der Waals surface area contributed by atoms with Crippen LogP contribution in [0.2, 0.25) is 0 Å². The molecule has 0 spiro atoms. The molecule has 1 fully saturated rings. The van der Waals surface area contributed by atoms with E-state index in [1.54, 1.807) is 20.8 Å². The molecule has 1 aliphatic carbocycles. The number of anilines is 1. The summed E-state index contributed by atoms with van der Waals surface area (Å²) in [5.41, 5.74) is 1.14. The number of carbonyl (C=O) groups excluding carboxylic acids is 2. The van der Waals surface area contributed by atoms with Crippen LogP contribution in [-0.4, -0.2) is 46.7 Å². The van der Waals surface area contributed by atoms with Gasteiger partial charge in [-0.15, -0.1) is 0 Å². The molecule has 2 aliphatic rings. The van der Waals surface area contributed by atoms with Crippen molar-refractivity contribution in [3.05, 3.63) is 27.6 Å². The predicted octanol–water partition coefficient (Wildman–Crippen LogP) is 3.28. The third-order valence-electron chi connectivity index (χ3n) is 5.33. The molecule has 1 aliphatic heterocycles.